The van der Waals surface area contributed by atoms with Crippen molar-refractivity contribution in [2.24, 2.45) is 51.2 Å². The zero-order valence-electron chi connectivity index (χ0n) is 21.9. The highest BCUT2D eigenvalue weighted by Crippen LogP contribution is 2.74. The molecular weight excluding hydrogens is 392 g/mol. The topological polar surface area (TPSA) is 37.3 Å². The van der Waals surface area contributed by atoms with Crippen LogP contribution in [0.2, 0.25) is 0 Å². The molecule has 1 N–H and O–H groups in total. The molecular formula is C30H48O2. The summed E-state index contributed by atoms with van der Waals surface area (Å²) < 4.78 is 0. The lowest BCUT2D eigenvalue weighted by Gasteiger charge is -2.69. The van der Waals surface area contributed by atoms with Crippen molar-refractivity contribution in [3.63, 3.8) is 0 Å². The number of aliphatic carboxylic acids is 1. The minimum Gasteiger partial charge on any atom is -0.481 e. The summed E-state index contributed by atoms with van der Waals surface area (Å²) in [4.78, 5) is 11.6. The van der Waals surface area contributed by atoms with Gasteiger partial charge in [0, 0.05) is 6.42 Å². The monoisotopic (exact) mass is 440 g/mol. The van der Waals surface area contributed by atoms with Crippen LogP contribution in [0.3, 0.4) is 0 Å². The van der Waals surface area contributed by atoms with Gasteiger partial charge in [-0.2, -0.15) is 0 Å². The zero-order valence-corrected chi connectivity index (χ0v) is 21.9. The van der Waals surface area contributed by atoms with E-state index in [2.05, 4.69) is 61.1 Å². The molecule has 0 bridgehead atoms. The van der Waals surface area contributed by atoms with Gasteiger partial charge in [0.1, 0.15) is 0 Å². The van der Waals surface area contributed by atoms with Gasteiger partial charge in [0.15, 0.2) is 0 Å². The Hall–Kier alpha value is -1.05. The van der Waals surface area contributed by atoms with E-state index in [-0.39, 0.29) is 22.7 Å². The van der Waals surface area contributed by atoms with Crippen molar-refractivity contribution < 1.29 is 9.90 Å². The van der Waals surface area contributed by atoms with Crippen LogP contribution in [0.5, 0.6) is 0 Å². The summed E-state index contributed by atoms with van der Waals surface area (Å²) in [7, 11) is 0. The average molecular weight is 441 g/mol. The van der Waals surface area contributed by atoms with Crippen LogP contribution in [0.25, 0.3) is 0 Å². The number of fused-ring (bicyclic) bond motifs is 5. The van der Waals surface area contributed by atoms with Crippen LogP contribution in [0.1, 0.15) is 106 Å². The van der Waals surface area contributed by atoms with Crippen LogP contribution in [0.4, 0.5) is 0 Å². The van der Waals surface area contributed by atoms with E-state index in [1.54, 1.807) is 5.57 Å². The highest BCUT2D eigenvalue weighted by Gasteiger charge is 2.65. The second kappa shape index (κ2) is 7.74. The number of hydrogen-bond acceptors (Lipinski definition) is 1. The van der Waals surface area contributed by atoms with Gasteiger partial charge >= 0.3 is 5.97 Å². The molecule has 3 fully saturated rings. The number of rotatable bonds is 4. The fourth-order valence-electron chi connectivity index (χ4n) is 9.76. The normalized spacial score (nSPS) is 50.5. The van der Waals surface area contributed by atoms with E-state index >= 15 is 0 Å². The molecule has 4 aliphatic rings. The molecule has 0 amide bonds. The molecule has 0 aromatic carbocycles. The fourth-order valence-corrected chi connectivity index (χ4v) is 9.76. The molecule has 0 spiro atoms. The lowest BCUT2D eigenvalue weighted by molar-refractivity contribution is -0.150. The third-order valence-electron chi connectivity index (χ3n) is 12.1. The third-order valence-corrected chi connectivity index (χ3v) is 12.1. The van der Waals surface area contributed by atoms with Crippen LogP contribution >= 0.6 is 0 Å². The molecule has 0 saturated heterocycles. The summed E-state index contributed by atoms with van der Waals surface area (Å²) in [6.45, 7) is 21.8. The van der Waals surface area contributed by atoms with E-state index in [1.165, 1.54) is 37.7 Å². The second-order valence-corrected chi connectivity index (χ2v) is 13.5. The second-order valence-electron chi connectivity index (χ2n) is 13.5. The van der Waals surface area contributed by atoms with Crippen LogP contribution < -0.4 is 0 Å². The van der Waals surface area contributed by atoms with E-state index in [9.17, 15) is 9.90 Å². The van der Waals surface area contributed by atoms with E-state index < -0.39 is 5.97 Å². The molecule has 0 aliphatic heterocycles. The van der Waals surface area contributed by atoms with Gasteiger partial charge in [0.25, 0.3) is 0 Å². The Labute approximate surface area is 197 Å². The number of carboxylic acids is 1. The van der Waals surface area contributed by atoms with Gasteiger partial charge in [0.2, 0.25) is 0 Å². The Morgan fingerprint density at radius 1 is 1.09 bits per heavy atom. The van der Waals surface area contributed by atoms with Crippen molar-refractivity contribution in [2.75, 3.05) is 0 Å². The molecule has 9 unspecified atom stereocenters. The lowest BCUT2D eigenvalue weighted by atomic mass is 9.35. The maximum absolute atomic E-state index is 11.6. The van der Waals surface area contributed by atoms with E-state index in [0.29, 0.717) is 23.2 Å². The molecule has 0 radical (unpaired) electrons. The first-order valence-electron chi connectivity index (χ1n) is 13.4. The Balaban J connectivity index is 1.80. The van der Waals surface area contributed by atoms with Gasteiger partial charge in [-0.15, -0.1) is 0 Å². The van der Waals surface area contributed by atoms with Gasteiger partial charge in [-0.3, -0.25) is 4.79 Å². The first-order valence-corrected chi connectivity index (χ1v) is 13.4. The number of hydrogen-bond donors (Lipinski definition) is 1. The molecule has 0 heterocycles. The van der Waals surface area contributed by atoms with E-state index in [0.717, 1.165) is 31.1 Å². The van der Waals surface area contributed by atoms with Crippen molar-refractivity contribution in [1.82, 2.24) is 0 Å². The molecule has 9 atom stereocenters. The Morgan fingerprint density at radius 3 is 2.41 bits per heavy atom. The Bertz CT molecular complexity index is 825. The number of allylic oxidation sites excluding steroid dienone is 3. The minimum atomic E-state index is -0.657. The van der Waals surface area contributed by atoms with Crippen LogP contribution in [0, 0.1) is 51.2 Å². The SMILES string of the molecule is C=C(C)C1CCC2(C)C(CC=C3C4C(C)C(C)CCC4(C)CCC32C)C1(C)CCC(=O)O. The summed E-state index contributed by atoms with van der Waals surface area (Å²) in [6, 6.07) is 0. The van der Waals surface area contributed by atoms with Crippen LogP contribution in [-0.2, 0) is 4.79 Å². The molecule has 4 rings (SSSR count). The van der Waals surface area contributed by atoms with Crippen molar-refractivity contribution >= 4 is 5.97 Å². The number of carbonyl (C=O) groups is 1. The molecule has 2 heteroatoms. The molecule has 0 aromatic rings. The fraction of sp³-hybridized carbons (Fsp3) is 0.833. The summed E-state index contributed by atoms with van der Waals surface area (Å²) >= 11 is 0. The molecule has 3 saturated carbocycles. The van der Waals surface area contributed by atoms with Crippen molar-refractivity contribution in [3.8, 4) is 0 Å². The number of carboxylic acid groups (broad SMARTS) is 1. The van der Waals surface area contributed by atoms with E-state index in [4.69, 9.17) is 0 Å². The average Bonchev–Trinajstić information content (AvgIpc) is 2.70. The molecule has 0 aromatic heterocycles. The summed E-state index contributed by atoms with van der Waals surface area (Å²) in [5, 5.41) is 9.56. The molecule has 32 heavy (non-hydrogen) atoms. The maximum Gasteiger partial charge on any atom is 0.303 e. The van der Waals surface area contributed by atoms with Gasteiger partial charge in [0.05, 0.1) is 0 Å². The first kappa shape index (κ1) is 24.1. The van der Waals surface area contributed by atoms with Crippen molar-refractivity contribution in [2.45, 2.75) is 106 Å². The third kappa shape index (κ3) is 3.21. The highest BCUT2D eigenvalue weighted by molar-refractivity contribution is 5.66. The van der Waals surface area contributed by atoms with Crippen LogP contribution in [0.15, 0.2) is 23.8 Å². The maximum atomic E-state index is 11.6. The zero-order chi connectivity index (χ0) is 23.7. The lowest BCUT2D eigenvalue weighted by Crippen LogP contribution is -2.61. The summed E-state index contributed by atoms with van der Waals surface area (Å²) in [5.74, 6) is 2.58. The Kier molecular flexibility index (Phi) is 5.83. The summed E-state index contributed by atoms with van der Waals surface area (Å²) in [6.07, 6.45) is 12.7. The predicted molar refractivity (Wildman–Crippen MR) is 133 cm³/mol. The quantitative estimate of drug-likeness (QED) is 0.446. The van der Waals surface area contributed by atoms with Gasteiger partial charge < -0.3 is 5.11 Å². The largest absolute Gasteiger partial charge is 0.481 e. The Morgan fingerprint density at radius 2 is 1.78 bits per heavy atom. The van der Waals surface area contributed by atoms with Gasteiger partial charge in [-0.25, -0.2) is 0 Å². The van der Waals surface area contributed by atoms with Crippen molar-refractivity contribution in [3.05, 3.63) is 23.8 Å². The standard InChI is InChI=1S/C30H48O2/c1-19(2)22-12-16-30(8)24(28(22,6)15-13-25(31)32)10-9-23-26-21(4)20(3)11-14-27(26,5)17-18-29(23,30)7/h9,20-22,24,26H,1,10-18H2,2-8H3,(H,31,32). The predicted octanol–water partition coefficient (Wildman–Crippen LogP) is 8.28. The highest BCUT2D eigenvalue weighted by atomic mass is 16.4. The van der Waals surface area contributed by atoms with Gasteiger partial charge in [-0.1, -0.05) is 65.3 Å². The minimum absolute atomic E-state index is 0.00842. The van der Waals surface area contributed by atoms with Crippen molar-refractivity contribution in [1.29, 1.82) is 0 Å². The summed E-state index contributed by atoms with van der Waals surface area (Å²) in [5.41, 5.74) is 3.98. The molecule has 180 valence electrons. The molecule has 2 nitrogen and oxygen atoms in total. The van der Waals surface area contributed by atoms with Crippen LogP contribution in [-0.4, -0.2) is 11.1 Å². The van der Waals surface area contributed by atoms with E-state index in [1.807, 2.05) is 0 Å². The van der Waals surface area contributed by atoms with Gasteiger partial charge in [-0.05, 0) is 110 Å². The first-order chi connectivity index (χ1) is 14.8. The smallest absolute Gasteiger partial charge is 0.303 e. The molecule has 4 aliphatic carbocycles.